The molecule has 7 rings (SSSR count). The Labute approximate surface area is 283 Å². The van der Waals surface area contributed by atoms with Gasteiger partial charge in [0, 0.05) is 29.9 Å². The Hall–Kier alpha value is -3.46. The number of fused-ring (bicyclic) bond motifs is 6. The van der Waals surface area contributed by atoms with E-state index in [9.17, 15) is 0 Å². The van der Waals surface area contributed by atoms with E-state index in [-0.39, 0.29) is 0 Å². The van der Waals surface area contributed by atoms with Gasteiger partial charge in [-0.1, -0.05) is 119 Å². The largest absolute Gasteiger partial charge is 0.140 e. The first kappa shape index (κ1) is 31.2. The second-order valence-electron chi connectivity index (χ2n) is 13.2. The van der Waals surface area contributed by atoms with E-state index in [1.807, 2.05) is 22.7 Å². The minimum absolute atomic E-state index is 1.10. The second-order valence-corrected chi connectivity index (χ2v) is 15.5. The quantitative estimate of drug-likeness (QED) is 0.0821. The molecule has 0 aliphatic carbocycles. The minimum Gasteiger partial charge on any atom is -0.140 e. The summed E-state index contributed by atoms with van der Waals surface area (Å²) in [5.41, 5.74) is 5.79. The molecular weight excluding hydrogens is 593 g/mol. The molecule has 0 radical (unpaired) electrons. The van der Waals surface area contributed by atoms with Gasteiger partial charge in [0.2, 0.25) is 0 Å². The molecule has 2 heteroatoms. The molecule has 0 saturated heterocycles. The van der Waals surface area contributed by atoms with E-state index in [4.69, 9.17) is 0 Å². The number of thiophene rings is 2. The van der Waals surface area contributed by atoms with Crippen molar-refractivity contribution in [3.8, 4) is 0 Å². The summed E-state index contributed by atoms with van der Waals surface area (Å²) >= 11 is 3.98. The molecule has 0 amide bonds. The second kappa shape index (κ2) is 14.5. The van der Waals surface area contributed by atoms with E-state index in [1.165, 1.54) is 119 Å². The average Bonchev–Trinajstić information content (AvgIpc) is 3.72. The Kier molecular flexibility index (Phi) is 9.84. The van der Waals surface area contributed by atoms with Crippen molar-refractivity contribution in [3.63, 3.8) is 0 Å². The predicted octanol–water partition coefficient (Wildman–Crippen LogP) is 13.5. The molecule has 0 aliphatic heterocycles. The molecule has 0 atom stereocenters. The highest BCUT2D eigenvalue weighted by Gasteiger charge is 2.12. The summed E-state index contributed by atoms with van der Waals surface area (Å²) in [6, 6.07) is 37.7. The molecule has 2 aromatic heterocycles. The molecular formula is C44H46S2. The van der Waals surface area contributed by atoms with Gasteiger partial charge >= 0.3 is 0 Å². The lowest BCUT2D eigenvalue weighted by molar-refractivity contribution is 0.607. The number of unbranched alkanes of at least 4 members (excludes halogenated alkanes) is 5. The highest BCUT2D eigenvalue weighted by atomic mass is 32.1. The molecule has 0 spiro atoms. The van der Waals surface area contributed by atoms with Crippen LogP contribution < -0.4 is 0 Å². The van der Waals surface area contributed by atoms with Gasteiger partial charge in [0.05, 0.1) is 0 Å². The van der Waals surface area contributed by atoms with Gasteiger partial charge in [-0.05, 0) is 113 Å². The lowest BCUT2D eigenvalue weighted by Gasteiger charge is -2.05. The van der Waals surface area contributed by atoms with Gasteiger partial charge in [-0.3, -0.25) is 0 Å². The molecule has 0 aliphatic rings. The zero-order valence-corrected chi connectivity index (χ0v) is 29.2. The zero-order chi connectivity index (χ0) is 31.3. The molecule has 0 nitrogen and oxygen atoms in total. The minimum atomic E-state index is 1.10. The predicted molar refractivity (Wildman–Crippen MR) is 206 cm³/mol. The van der Waals surface area contributed by atoms with E-state index in [0.29, 0.717) is 0 Å². The van der Waals surface area contributed by atoms with Crippen LogP contribution in [0.3, 0.4) is 0 Å². The van der Waals surface area contributed by atoms with Crippen molar-refractivity contribution in [2.45, 2.75) is 90.9 Å². The molecule has 234 valence electrons. The number of hydrogen-bond acceptors (Lipinski definition) is 2. The fraction of sp³-hybridized carbons (Fsp3) is 0.318. The Morgan fingerprint density at radius 1 is 0.391 bits per heavy atom. The summed E-state index contributed by atoms with van der Waals surface area (Å²) in [5, 5.41) is 8.26. The molecule has 0 bridgehead atoms. The summed E-state index contributed by atoms with van der Waals surface area (Å²) in [6.45, 7) is 4.51. The normalized spacial score (nSPS) is 11.9. The number of hydrogen-bond donors (Lipinski definition) is 0. The third kappa shape index (κ3) is 7.09. The standard InChI is InChI=1S/C44H46S2/c1-3-5-6-7-8-9-10-32-15-17-34(18-16-32)20-26-40-28-38-24-22-36-29-41-35(30-42(36)44(38)46-40)21-23-37-27-39(45-43(37)41)25-19-33-13-11-31(4-2)12-14-33/h11-18,21-24,27-30H,3-10,19-20,25-26H2,1-2H3. The first-order chi connectivity index (χ1) is 22.7. The maximum absolute atomic E-state index is 2.45. The SMILES string of the molecule is CCCCCCCCc1ccc(CCc2cc3ccc4cc5c(ccc6cc(CCc7ccc(CC)cc7)sc65)cc4c3s2)cc1. The summed E-state index contributed by atoms with van der Waals surface area (Å²) < 4.78 is 2.87. The summed E-state index contributed by atoms with van der Waals surface area (Å²) in [4.78, 5) is 2.97. The monoisotopic (exact) mass is 638 g/mol. The molecule has 7 aromatic rings. The molecule has 0 N–H and O–H groups in total. The van der Waals surface area contributed by atoms with E-state index in [0.717, 1.165) is 32.1 Å². The van der Waals surface area contributed by atoms with E-state index in [2.05, 4.69) is 111 Å². The van der Waals surface area contributed by atoms with Crippen molar-refractivity contribution in [2.75, 3.05) is 0 Å². The van der Waals surface area contributed by atoms with Crippen molar-refractivity contribution in [1.82, 2.24) is 0 Å². The van der Waals surface area contributed by atoms with Gasteiger partial charge < -0.3 is 0 Å². The van der Waals surface area contributed by atoms with Crippen LogP contribution >= 0.6 is 22.7 Å². The fourth-order valence-electron chi connectivity index (χ4n) is 6.95. The maximum Gasteiger partial charge on any atom is 0.0424 e. The van der Waals surface area contributed by atoms with Crippen molar-refractivity contribution in [1.29, 1.82) is 0 Å². The summed E-state index contributed by atoms with van der Waals surface area (Å²) in [5.74, 6) is 0. The molecule has 0 fully saturated rings. The van der Waals surface area contributed by atoms with Gasteiger partial charge in [0.25, 0.3) is 0 Å². The number of benzene rings is 5. The van der Waals surface area contributed by atoms with Crippen LogP contribution in [-0.2, 0) is 38.5 Å². The first-order valence-electron chi connectivity index (χ1n) is 17.6. The Morgan fingerprint density at radius 3 is 1.33 bits per heavy atom. The molecule has 46 heavy (non-hydrogen) atoms. The topological polar surface area (TPSA) is 0 Å². The van der Waals surface area contributed by atoms with Gasteiger partial charge in [-0.15, -0.1) is 22.7 Å². The lowest BCUT2D eigenvalue weighted by atomic mass is 10.0. The maximum atomic E-state index is 2.45. The molecule has 2 heterocycles. The van der Waals surface area contributed by atoms with E-state index >= 15 is 0 Å². The Bertz CT molecular complexity index is 2050. The third-order valence-corrected chi connectivity index (χ3v) is 12.3. The summed E-state index contributed by atoms with van der Waals surface area (Å²) in [6.07, 6.45) is 14.9. The van der Waals surface area contributed by atoms with Gasteiger partial charge in [-0.2, -0.15) is 0 Å². The zero-order valence-electron chi connectivity index (χ0n) is 27.5. The van der Waals surface area contributed by atoms with Crippen LogP contribution in [-0.4, -0.2) is 0 Å². The Balaban J connectivity index is 1.04. The van der Waals surface area contributed by atoms with E-state index in [1.54, 1.807) is 0 Å². The number of rotatable bonds is 14. The Morgan fingerprint density at radius 2 is 0.826 bits per heavy atom. The molecule has 0 unspecified atom stereocenters. The summed E-state index contributed by atoms with van der Waals surface area (Å²) in [7, 11) is 0. The fourth-order valence-corrected chi connectivity index (χ4v) is 9.32. The van der Waals surface area contributed by atoms with Gasteiger partial charge in [-0.25, -0.2) is 0 Å². The molecule has 0 saturated carbocycles. The third-order valence-electron chi connectivity index (χ3n) is 9.81. The highest BCUT2D eigenvalue weighted by molar-refractivity contribution is 7.20. The highest BCUT2D eigenvalue weighted by Crippen LogP contribution is 2.39. The smallest absolute Gasteiger partial charge is 0.0424 e. The van der Waals surface area contributed by atoms with Crippen LogP contribution in [0.5, 0.6) is 0 Å². The number of aryl methyl sites for hydroxylation is 6. The van der Waals surface area contributed by atoms with Crippen molar-refractivity contribution in [3.05, 3.63) is 129 Å². The first-order valence-corrected chi connectivity index (χ1v) is 19.3. The van der Waals surface area contributed by atoms with Crippen molar-refractivity contribution >= 4 is 64.4 Å². The van der Waals surface area contributed by atoms with Gasteiger partial charge in [0.1, 0.15) is 0 Å². The lowest BCUT2D eigenvalue weighted by Crippen LogP contribution is -1.91. The van der Waals surface area contributed by atoms with Crippen LogP contribution in [0.15, 0.2) is 97.1 Å². The van der Waals surface area contributed by atoms with Crippen molar-refractivity contribution in [2.24, 2.45) is 0 Å². The van der Waals surface area contributed by atoms with E-state index < -0.39 is 0 Å². The van der Waals surface area contributed by atoms with Crippen LogP contribution in [0.2, 0.25) is 0 Å². The van der Waals surface area contributed by atoms with Gasteiger partial charge in [0.15, 0.2) is 0 Å². The van der Waals surface area contributed by atoms with Crippen molar-refractivity contribution < 1.29 is 0 Å². The molecule has 5 aromatic carbocycles. The average molecular weight is 639 g/mol. The van der Waals surface area contributed by atoms with Crippen LogP contribution in [0.1, 0.15) is 84.4 Å². The van der Waals surface area contributed by atoms with Crippen LogP contribution in [0, 0.1) is 0 Å². The van der Waals surface area contributed by atoms with Crippen LogP contribution in [0.25, 0.3) is 41.7 Å². The van der Waals surface area contributed by atoms with Crippen LogP contribution in [0.4, 0.5) is 0 Å².